The average Bonchev–Trinajstić information content (AvgIpc) is 3.71. The van der Waals surface area contributed by atoms with Crippen molar-refractivity contribution in [1.29, 1.82) is 0 Å². The van der Waals surface area contributed by atoms with Gasteiger partial charge in [0, 0.05) is 21.6 Å². The molecule has 1 amide bonds. The first-order chi connectivity index (χ1) is 18.4. The minimum atomic E-state index is -1.34. The molecule has 0 bridgehead atoms. The van der Waals surface area contributed by atoms with Gasteiger partial charge in [0.05, 0.1) is 35.8 Å². The summed E-state index contributed by atoms with van der Waals surface area (Å²) < 4.78 is 21.6. The Hall–Kier alpha value is -1.97. The van der Waals surface area contributed by atoms with Crippen molar-refractivity contribution in [2.75, 3.05) is 12.4 Å². The zero-order valence-corrected chi connectivity index (χ0v) is 25.6. The van der Waals surface area contributed by atoms with Crippen LogP contribution in [0.25, 0.3) is 0 Å². The van der Waals surface area contributed by atoms with Gasteiger partial charge in [0.2, 0.25) is 0 Å². The predicted molar refractivity (Wildman–Crippen MR) is 158 cm³/mol. The maximum atomic E-state index is 13.3. The Morgan fingerprint density at radius 2 is 1.64 bits per heavy atom. The number of carbonyl (C=O) groups is 2. The fourth-order valence-corrected chi connectivity index (χ4v) is 5.98. The molecule has 2 N–H and O–H groups in total. The zero-order valence-electron chi connectivity index (χ0n) is 23.2. The SMILES string of the molecule is CC.CC(C)(C)NS(=O)CC(C1CC1)N1C(=O)C(CC(=O)O)OCC1c1ccc(Cl)cc1.Clc1ccccc1. The third kappa shape index (κ3) is 11.2. The number of benzene rings is 2. The molecule has 4 unspecified atom stereocenters. The van der Waals surface area contributed by atoms with Crippen LogP contribution in [0.2, 0.25) is 10.0 Å². The third-order valence-electron chi connectivity index (χ3n) is 5.93. The summed E-state index contributed by atoms with van der Waals surface area (Å²) in [4.78, 5) is 26.3. The topological polar surface area (TPSA) is 95.9 Å². The number of rotatable bonds is 8. The fourth-order valence-electron chi connectivity index (χ4n) is 4.20. The lowest BCUT2D eigenvalue weighted by molar-refractivity contribution is -0.169. The summed E-state index contributed by atoms with van der Waals surface area (Å²) >= 11 is 11.6. The van der Waals surface area contributed by atoms with Crippen molar-refractivity contribution in [1.82, 2.24) is 9.62 Å². The summed E-state index contributed by atoms with van der Waals surface area (Å²) in [5.41, 5.74) is 0.539. The first kappa shape index (κ1) is 33.2. The van der Waals surface area contributed by atoms with Crippen molar-refractivity contribution < 1.29 is 23.6 Å². The number of morpholine rings is 1. The molecule has 2 fully saturated rings. The lowest BCUT2D eigenvalue weighted by Gasteiger charge is -2.44. The summed E-state index contributed by atoms with van der Waals surface area (Å²) in [6.45, 7) is 10.0. The van der Waals surface area contributed by atoms with Gasteiger partial charge >= 0.3 is 5.97 Å². The molecule has 216 valence electrons. The number of hydrogen-bond acceptors (Lipinski definition) is 4. The van der Waals surface area contributed by atoms with Crippen molar-refractivity contribution in [2.24, 2.45) is 5.92 Å². The molecule has 0 radical (unpaired) electrons. The van der Waals surface area contributed by atoms with E-state index in [-0.39, 0.29) is 48.2 Å². The smallest absolute Gasteiger partial charge is 0.306 e. The number of halogens is 2. The molecule has 4 rings (SSSR count). The highest BCUT2D eigenvalue weighted by Crippen LogP contribution is 2.41. The van der Waals surface area contributed by atoms with Gasteiger partial charge in [0.15, 0.2) is 0 Å². The van der Waals surface area contributed by atoms with Gasteiger partial charge in [0.1, 0.15) is 6.10 Å². The predicted octanol–water partition coefficient (Wildman–Crippen LogP) is 6.28. The van der Waals surface area contributed by atoms with Crippen LogP contribution < -0.4 is 4.72 Å². The van der Waals surface area contributed by atoms with E-state index >= 15 is 0 Å². The molecule has 1 saturated heterocycles. The highest BCUT2D eigenvalue weighted by Gasteiger charge is 2.47. The lowest BCUT2D eigenvalue weighted by atomic mass is 9.98. The van der Waals surface area contributed by atoms with Crippen LogP contribution in [0.5, 0.6) is 0 Å². The average molecular weight is 600 g/mol. The van der Waals surface area contributed by atoms with Crippen LogP contribution in [-0.2, 0) is 25.3 Å². The van der Waals surface area contributed by atoms with Crippen LogP contribution in [0.4, 0.5) is 0 Å². The molecule has 1 heterocycles. The van der Waals surface area contributed by atoms with E-state index in [9.17, 15) is 18.9 Å². The van der Waals surface area contributed by atoms with Crippen LogP contribution in [0.15, 0.2) is 54.6 Å². The van der Waals surface area contributed by atoms with Crippen molar-refractivity contribution in [3.05, 3.63) is 70.2 Å². The van der Waals surface area contributed by atoms with Gasteiger partial charge in [-0.05, 0) is 69.4 Å². The van der Waals surface area contributed by atoms with Gasteiger partial charge in [-0.3, -0.25) is 9.59 Å². The maximum absolute atomic E-state index is 13.3. The van der Waals surface area contributed by atoms with Gasteiger partial charge in [-0.25, -0.2) is 8.93 Å². The normalized spacial score (nSPS) is 20.6. The van der Waals surface area contributed by atoms with Gasteiger partial charge < -0.3 is 14.7 Å². The number of ether oxygens (including phenoxy) is 1. The monoisotopic (exact) mass is 598 g/mol. The van der Waals surface area contributed by atoms with Crippen molar-refractivity contribution in [2.45, 2.75) is 77.6 Å². The number of carbonyl (C=O) groups excluding carboxylic acids is 1. The van der Waals surface area contributed by atoms with Gasteiger partial charge in [-0.15, -0.1) is 0 Å². The van der Waals surface area contributed by atoms with Crippen LogP contribution in [0.1, 0.15) is 65.5 Å². The van der Waals surface area contributed by atoms with Gasteiger partial charge in [0.25, 0.3) is 5.91 Å². The molecule has 2 aliphatic rings. The van der Waals surface area contributed by atoms with Crippen LogP contribution >= 0.6 is 23.2 Å². The fraction of sp³-hybridized carbons (Fsp3) is 0.517. The highest BCUT2D eigenvalue weighted by molar-refractivity contribution is 7.83. The largest absolute Gasteiger partial charge is 0.481 e. The molecule has 1 aliphatic heterocycles. The molecule has 0 spiro atoms. The van der Waals surface area contributed by atoms with Crippen molar-refractivity contribution in [3.8, 4) is 0 Å². The molecule has 4 atom stereocenters. The quantitative estimate of drug-likeness (QED) is 0.373. The number of nitrogens with zero attached hydrogens (tertiary/aromatic N) is 1. The van der Waals surface area contributed by atoms with Crippen molar-refractivity contribution in [3.63, 3.8) is 0 Å². The van der Waals surface area contributed by atoms with E-state index in [0.717, 1.165) is 23.4 Å². The molecule has 39 heavy (non-hydrogen) atoms. The van der Waals surface area contributed by atoms with E-state index in [0.29, 0.717) is 5.02 Å². The second-order valence-electron chi connectivity index (χ2n) is 10.3. The van der Waals surface area contributed by atoms with Crippen molar-refractivity contribution >= 4 is 46.1 Å². The van der Waals surface area contributed by atoms with E-state index in [1.807, 2.05) is 77.1 Å². The molecule has 10 heteroatoms. The summed E-state index contributed by atoms with van der Waals surface area (Å²) in [7, 11) is -1.34. The minimum absolute atomic E-state index is 0.188. The van der Waals surface area contributed by atoms with E-state index in [1.165, 1.54) is 0 Å². The Kier molecular flexibility index (Phi) is 13.4. The first-order valence-corrected chi connectivity index (χ1v) is 15.3. The molecule has 1 saturated carbocycles. The molecular weight excluding hydrogens is 559 g/mol. The minimum Gasteiger partial charge on any atom is -0.481 e. The van der Waals surface area contributed by atoms with E-state index in [2.05, 4.69) is 4.72 Å². The van der Waals surface area contributed by atoms with Gasteiger partial charge in [-0.1, -0.05) is 67.4 Å². The number of carboxylic acids is 1. The second-order valence-corrected chi connectivity index (χ2v) is 12.4. The van der Waals surface area contributed by atoms with E-state index < -0.39 is 23.1 Å². The number of amides is 1. The standard InChI is InChI=1S/C21H29ClN2O5S.C6H5Cl.C2H6/c1-21(2,3)23-30(28)12-17(14-4-5-14)24-16(13-6-8-15(22)9-7-13)11-29-18(20(24)27)10-19(25)26;7-6-4-2-1-3-5-6;1-2/h6-9,14,16-18,23H,4-5,10-12H2,1-3H3,(H,25,26);1-5H;1-2H3. The lowest BCUT2D eigenvalue weighted by Crippen LogP contribution is -2.57. The molecule has 1 aliphatic carbocycles. The Bertz CT molecular complexity index is 1080. The molecule has 0 aromatic heterocycles. The Balaban J connectivity index is 0.000000507. The Morgan fingerprint density at radius 1 is 1.08 bits per heavy atom. The first-order valence-electron chi connectivity index (χ1n) is 13.2. The number of nitrogens with one attached hydrogen (secondary N) is 1. The number of hydrogen-bond donors (Lipinski definition) is 2. The molecule has 2 aromatic rings. The Morgan fingerprint density at radius 3 is 2.10 bits per heavy atom. The highest BCUT2D eigenvalue weighted by atomic mass is 35.5. The van der Waals surface area contributed by atoms with Gasteiger partial charge in [-0.2, -0.15) is 0 Å². The third-order valence-corrected chi connectivity index (χ3v) is 7.92. The zero-order chi connectivity index (χ0) is 29.2. The van der Waals surface area contributed by atoms with Crippen LogP contribution in [0.3, 0.4) is 0 Å². The molecule has 2 aromatic carbocycles. The number of aliphatic carboxylic acids is 1. The van der Waals surface area contributed by atoms with E-state index in [4.69, 9.17) is 27.9 Å². The van der Waals surface area contributed by atoms with Crippen LogP contribution in [0, 0.1) is 5.92 Å². The van der Waals surface area contributed by atoms with Crippen LogP contribution in [-0.4, -0.2) is 56.1 Å². The second kappa shape index (κ2) is 15.7. The summed E-state index contributed by atoms with van der Waals surface area (Å²) in [6.07, 6.45) is 0.498. The summed E-state index contributed by atoms with van der Waals surface area (Å²) in [6, 6.07) is 16.0. The molecule has 7 nitrogen and oxygen atoms in total. The summed E-state index contributed by atoms with van der Waals surface area (Å²) in [5.74, 6) is -0.900. The number of carboxylic acid groups (broad SMARTS) is 1. The molecular formula is C29H40Cl2N2O5S. The summed E-state index contributed by atoms with van der Waals surface area (Å²) in [5, 5.41) is 10.6. The Labute approximate surface area is 244 Å². The van der Waals surface area contributed by atoms with E-state index in [1.54, 1.807) is 17.0 Å². The maximum Gasteiger partial charge on any atom is 0.306 e.